The molecule has 0 aliphatic rings. The summed E-state index contributed by atoms with van der Waals surface area (Å²) in [6, 6.07) is 0. The van der Waals surface area contributed by atoms with Gasteiger partial charge in [-0.25, -0.2) is 4.57 Å². The highest BCUT2D eigenvalue weighted by molar-refractivity contribution is 7.47. The monoisotopic (exact) mass is 723 g/mol. The zero-order valence-corrected chi connectivity index (χ0v) is 31.7. The number of ether oxygens (including phenoxy) is 2. The Morgan fingerprint density at radius 1 is 0.660 bits per heavy atom. The van der Waals surface area contributed by atoms with Crippen molar-refractivity contribution < 1.29 is 42.4 Å². The van der Waals surface area contributed by atoms with Crippen molar-refractivity contribution in [3.05, 3.63) is 60.8 Å². The summed E-state index contributed by atoms with van der Waals surface area (Å²) >= 11 is 0. The Hall–Kier alpha value is -2.62. The van der Waals surface area contributed by atoms with E-state index >= 15 is 0 Å². The molecule has 0 radical (unpaired) electrons. The van der Waals surface area contributed by atoms with E-state index in [1.54, 1.807) is 12.2 Å². The lowest BCUT2D eigenvalue weighted by atomic mass is 10.1. The predicted molar refractivity (Wildman–Crippen MR) is 201 cm³/mol. The van der Waals surface area contributed by atoms with Crippen LogP contribution in [-0.2, 0) is 37.5 Å². The van der Waals surface area contributed by atoms with Gasteiger partial charge in [-0.3, -0.25) is 23.4 Å². The highest BCUT2D eigenvalue weighted by Gasteiger charge is 2.25. The first-order valence-corrected chi connectivity index (χ1v) is 20.2. The molecular formula is C39H66NO9P. The Labute approximate surface area is 302 Å². The van der Waals surface area contributed by atoms with Crippen LogP contribution in [0.5, 0.6) is 0 Å². The lowest BCUT2D eigenvalue weighted by molar-refractivity contribution is -0.161. The Morgan fingerprint density at radius 3 is 2.00 bits per heavy atom. The minimum absolute atomic E-state index is 0.0311. The number of nitrogens with two attached hydrogens (primary N) is 1. The largest absolute Gasteiger partial charge is 0.472 e. The molecule has 0 aromatic rings. The van der Waals surface area contributed by atoms with Crippen LogP contribution < -0.4 is 5.73 Å². The van der Waals surface area contributed by atoms with E-state index in [0.29, 0.717) is 25.7 Å². The first kappa shape index (κ1) is 47.4. The van der Waals surface area contributed by atoms with Crippen molar-refractivity contribution in [3.63, 3.8) is 0 Å². The average Bonchev–Trinajstić information content (AvgIpc) is 3.09. The third kappa shape index (κ3) is 33.9. The van der Waals surface area contributed by atoms with Crippen molar-refractivity contribution in [3.8, 4) is 0 Å². The molecule has 0 fully saturated rings. The molecule has 10 nitrogen and oxygen atoms in total. The van der Waals surface area contributed by atoms with E-state index in [0.717, 1.165) is 70.6 Å². The van der Waals surface area contributed by atoms with E-state index in [2.05, 4.69) is 26.0 Å². The van der Waals surface area contributed by atoms with Gasteiger partial charge < -0.3 is 20.1 Å². The maximum Gasteiger partial charge on any atom is 0.472 e. The second-order valence-corrected chi connectivity index (χ2v) is 13.6. The predicted octanol–water partition coefficient (Wildman–Crippen LogP) is 9.34. The summed E-state index contributed by atoms with van der Waals surface area (Å²) in [7, 11) is -4.40. The molecule has 0 aliphatic carbocycles. The van der Waals surface area contributed by atoms with Gasteiger partial charge in [0.2, 0.25) is 0 Å². The van der Waals surface area contributed by atoms with Crippen LogP contribution in [0.4, 0.5) is 0 Å². The molecule has 0 heterocycles. The lowest BCUT2D eigenvalue weighted by Gasteiger charge is -2.19. The fourth-order valence-electron chi connectivity index (χ4n) is 4.50. The Bertz CT molecular complexity index is 1070. The summed E-state index contributed by atoms with van der Waals surface area (Å²) in [6.07, 6.45) is 35.3. The van der Waals surface area contributed by atoms with E-state index in [1.807, 2.05) is 36.5 Å². The fourth-order valence-corrected chi connectivity index (χ4v) is 5.27. The molecular weight excluding hydrogens is 657 g/mol. The third-order valence-corrected chi connectivity index (χ3v) is 8.34. The summed E-state index contributed by atoms with van der Waals surface area (Å²) < 4.78 is 32.5. The molecule has 0 spiro atoms. The zero-order valence-electron chi connectivity index (χ0n) is 30.9. The minimum atomic E-state index is -4.40. The van der Waals surface area contributed by atoms with Crippen molar-refractivity contribution in [2.24, 2.45) is 5.73 Å². The maximum atomic E-state index is 12.5. The normalized spacial score (nSPS) is 14.0. The molecule has 3 N–H and O–H groups in total. The van der Waals surface area contributed by atoms with E-state index in [1.165, 1.54) is 12.8 Å². The van der Waals surface area contributed by atoms with Gasteiger partial charge >= 0.3 is 19.8 Å². The second kappa shape index (κ2) is 34.8. The van der Waals surface area contributed by atoms with Gasteiger partial charge in [0.1, 0.15) is 6.61 Å². The number of unbranched alkanes of at least 4 members (excludes halogenated alkanes) is 10. The zero-order chi connectivity index (χ0) is 37.0. The van der Waals surface area contributed by atoms with Crippen molar-refractivity contribution >= 4 is 25.5 Å². The summed E-state index contributed by atoms with van der Waals surface area (Å²) in [6.45, 7) is 3.40. The van der Waals surface area contributed by atoms with E-state index < -0.39 is 32.5 Å². The molecule has 0 saturated heterocycles. The quantitative estimate of drug-likeness (QED) is 0.0164. The second-order valence-electron chi connectivity index (χ2n) is 12.1. The van der Waals surface area contributed by atoms with Crippen LogP contribution >= 0.6 is 7.82 Å². The number of allylic oxidation sites excluding steroid dienone is 10. The van der Waals surface area contributed by atoms with Crippen LogP contribution in [0.3, 0.4) is 0 Å². The van der Waals surface area contributed by atoms with Gasteiger partial charge in [0.15, 0.2) is 11.9 Å². The van der Waals surface area contributed by atoms with Gasteiger partial charge in [0.05, 0.1) is 13.2 Å². The van der Waals surface area contributed by atoms with E-state index in [9.17, 15) is 23.8 Å². The number of carbonyl (C=O) groups is 3. The molecule has 50 heavy (non-hydrogen) atoms. The molecule has 11 heteroatoms. The number of phosphoric ester groups is 1. The van der Waals surface area contributed by atoms with Gasteiger partial charge in [0, 0.05) is 25.8 Å². The number of carbonyl (C=O) groups excluding carboxylic acids is 3. The Balaban J connectivity index is 4.41. The summed E-state index contributed by atoms with van der Waals surface area (Å²) in [5.74, 6) is -0.784. The van der Waals surface area contributed by atoms with Crippen molar-refractivity contribution in [2.45, 2.75) is 142 Å². The molecule has 0 aromatic carbocycles. The number of rotatable bonds is 34. The fraction of sp³-hybridized carbons (Fsp3) is 0.667. The first-order valence-electron chi connectivity index (χ1n) is 18.7. The highest BCUT2D eigenvalue weighted by Crippen LogP contribution is 2.43. The number of esters is 2. The molecule has 0 saturated carbocycles. The van der Waals surface area contributed by atoms with Crippen LogP contribution in [0.25, 0.3) is 0 Å². The summed E-state index contributed by atoms with van der Waals surface area (Å²) in [5.41, 5.74) is 5.32. The van der Waals surface area contributed by atoms with Crippen LogP contribution in [0.15, 0.2) is 60.8 Å². The molecule has 0 rings (SSSR count). The molecule has 2 atom stereocenters. The molecule has 0 amide bonds. The lowest BCUT2D eigenvalue weighted by Crippen LogP contribution is -2.29. The van der Waals surface area contributed by atoms with Crippen molar-refractivity contribution in [2.75, 3.05) is 26.4 Å². The third-order valence-electron chi connectivity index (χ3n) is 7.35. The molecule has 0 bridgehead atoms. The van der Waals surface area contributed by atoms with Crippen LogP contribution in [0.1, 0.15) is 136 Å². The smallest absolute Gasteiger partial charge is 0.462 e. The number of hydrogen-bond acceptors (Lipinski definition) is 9. The standard InChI is InChI=1S/C39H66NO9P/c1-3-5-7-8-9-10-12-16-19-22-26-30-38(42)46-34-37(35-48-50(44,45)47-33-32-40)49-39(43)31-27-23-20-17-14-11-13-15-18-21-25-29-36(41)28-24-6-4-2/h8-9,11,13,17-18,20-21,25,29,37H,3-7,10,12,14-16,19,22-24,26-28,30-35,40H2,1-2H3,(H,44,45)/b9-8-,13-11-,20-17-,21-18-,29-25+/t37-/m1/s1. The summed E-state index contributed by atoms with van der Waals surface area (Å²) in [5, 5.41) is 0. The van der Waals surface area contributed by atoms with E-state index in [4.69, 9.17) is 24.3 Å². The first-order chi connectivity index (χ1) is 24.2. The maximum absolute atomic E-state index is 12.5. The van der Waals surface area contributed by atoms with Gasteiger partial charge in [-0.15, -0.1) is 0 Å². The average molecular weight is 724 g/mol. The number of phosphoric acid groups is 1. The SMILES string of the molecule is CCCC/C=C\CCCCCCCC(=O)OC[C@H](COP(=O)(O)OCCN)OC(=O)CCC/C=C\C/C=C\C/C=C\C=C\C(=O)CCCCC. The van der Waals surface area contributed by atoms with Gasteiger partial charge in [-0.05, 0) is 63.9 Å². The summed E-state index contributed by atoms with van der Waals surface area (Å²) in [4.78, 5) is 46.3. The number of ketones is 1. The highest BCUT2D eigenvalue weighted by atomic mass is 31.2. The molecule has 286 valence electrons. The van der Waals surface area contributed by atoms with Gasteiger partial charge in [-0.1, -0.05) is 113 Å². The molecule has 0 aliphatic heterocycles. The van der Waals surface area contributed by atoms with Crippen LogP contribution in [0, 0.1) is 0 Å². The van der Waals surface area contributed by atoms with Gasteiger partial charge in [-0.2, -0.15) is 0 Å². The molecule has 0 aromatic heterocycles. The van der Waals surface area contributed by atoms with Crippen LogP contribution in [-0.4, -0.2) is 55.1 Å². The van der Waals surface area contributed by atoms with Crippen molar-refractivity contribution in [1.82, 2.24) is 0 Å². The van der Waals surface area contributed by atoms with Gasteiger partial charge in [0.25, 0.3) is 0 Å². The Kier molecular flexibility index (Phi) is 33.0. The van der Waals surface area contributed by atoms with Crippen molar-refractivity contribution in [1.29, 1.82) is 0 Å². The van der Waals surface area contributed by atoms with E-state index in [-0.39, 0.29) is 38.4 Å². The Morgan fingerprint density at radius 2 is 1.26 bits per heavy atom. The number of hydrogen-bond donors (Lipinski definition) is 2. The minimum Gasteiger partial charge on any atom is -0.462 e. The van der Waals surface area contributed by atoms with Crippen LogP contribution in [0.2, 0.25) is 0 Å². The molecule has 1 unspecified atom stereocenters. The topological polar surface area (TPSA) is 151 Å².